The zero-order chi connectivity index (χ0) is 11.8. The van der Waals surface area contributed by atoms with Gasteiger partial charge in [0.2, 0.25) is 0 Å². The maximum absolute atomic E-state index is 11.6. The summed E-state index contributed by atoms with van der Waals surface area (Å²) in [7, 11) is 0. The highest BCUT2D eigenvalue weighted by Crippen LogP contribution is 2.05. The maximum atomic E-state index is 11.6. The maximum Gasteiger partial charge on any atom is 0.251 e. The minimum Gasteiger partial charge on any atom is -0.351 e. The van der Waals surface area contributed by atoms with E-state index in [0.717, 1.165) is 12.8 Å². The van der Waals surface area contributed by atoms with Gasteiger partial charge in [-0.1, -0.05) is 18.2 Å². The monoisotopic (exact) mass is 259 g/mol. The van der Waals surface area contributed by atoms with E-state index in [4.69, 9.17) is 23.2 Å². The van der Waals surface area contributed by atoms with Crippen LogP contribution in [0.4, 0.5) is 0 Å². The van der Waals surface area contributed by atoms with Gasteiger partial charge < -0.3 is 5.32 Å². The van der Waals surface area contributed by atoms with E-state index in [-0.39, 0.29) is 11.3 Å². The third kappa shape index (κ3) is 4.86. The largest absolute Gasteiger partial charge is 0.351 e. The summed E-state index contributed by atoms with van der Waals surface area (Å²) in [6.07, 6.45) is 1.69. The Balaban J connectivity index is 2.30. The first-order valence-corrected chi connectivity index (χ1v) is 6.24. The number of hydrogen-bond donors (Lipinski definition) is 1. The van der Waals surface area contributed by atoms with Crippen LogP contribution in [0, 0.1) is 0 Å². The summed E-state index contributed by atoms with van der Waals surface area (Å²) in [4.78, 5) is 11.6. The average Bonchev–Trinajstić information content (AvgIpc) is 2.34. The van der Waals surface area contributed by atoms with Gasteiger partial charge in [-0.25, -0.2) is 0 Å². The van der Waals surface area contributed by atoms with Crippen LogP contribution in [0.3, 0.4) is 0 Å². The highest BCUT2D eigenvalue weighted by Gasteiger charge is 2.08. The lowest BCUT2D eigenvalue weighted by Crippen LogP contribution is -2.29. The Kier molecular flexibility index (Phi) is 6.27. The molecule has 0 unspecified atom stereocenters. The molecule has 0 heterocycles. The van der Waals surface area contributed by atoms with Crippen LogP contribution in [0.2, 0.25) is 0 Å². The Hall–Kier alpha value is -0.730. The van der Waals surface area contributed by atoms with Crippen molar-refractivity contribution in [3.8, 4) is 0 Å². The Morgan fingerprint density at radius 2 is 2.00 bits per heavy atom. The molecule has 88 valence electrons. The van der Waals surface area contributed by atoms with Gasteiger partial charge in [0, 0.05) is 18.0 Å². The SMILES string of the molecule is O=C(NC[C@@H](Cl)CCCCl)c1ccccc1. The molecule has 1 atom stereocenters. The lowest BCUT2D eigenvalue weighted by Gasteiger charge is -2.09. The molecule has 1 amide bonds. The van der Waals surface area contributed by atoms with Gasteiger partial charge in [-0.15, -0.1) is 23.2 Å². The molecular formula is C12H15Cl2NO. The quantitative estimate of drug-likeness (QED) is 0.782. The molecule has 0 aliphatic heterocycles. The molecule has 1 N–H and O–H groups in total. The van der Waals surface area contributed by atoms with Crippen LogP contribution in [0.1, 0.15) is 23.2 Å². The molecular weight excluding hydrogens is 245 g/mol. The first-order chi connectivity index (χ1) is 7.74. The first-order valence-electron chi connectivity index (χ1n) is 5.27. The molecule has 0 aromatic heterocycles. The zero-order valence-electron chi connectivity index (χ0n) is 8.96. The van der Waals surface area contributed by atoms with Crippen molar-refractivity contribution < 1.29 is 4.79 Å². The van der Waals surface area contributed by atoms with Gasteiger partial charge in [-0.05, 0) is 25.0 Å². The summed E-state index contributed by atoms with van der Waals surface area (Å²) in [5, 5.41) is 2.74. The molecule has 1 aromatic rings. The van der Waals surface area contributed by atoms with E-state index in [1.54, 1.807) is 12.1 Å². The zero-order valence-corrected chi connectivity index (χ0v) is 10.5. The normalized spacial score (nSPS) is 12.1. The van der Waals surface area contributed by atoms with Gasteiger partial charge in [0.05, 0.1) is 5.38 Å². The lowest BCUT2D eigenvalue weighted by atomic mass is 10.2. The van der Waals surface area contributed by atoms with E-state index in [0.29, 0.717) is 18.0 Å². The van der Waals surface area contributed by atoms with Crippen molar-refractivity contribution in [3.05, 3.63) is 35.9 Å². The molecule has 2 nitrogen and oxygen atoms in total. The van der Waals surface area contributed by atoms with E-state index in [2.05, 4.69) is 5.32 Å². The molecule has 0 aliphatic rings. The highest BCUT2D eigenvalue weighted by atomic mass is 35.5. The van der Waals surface area contributed by atoms with Crippen LogP contribution >= 0.6 is 23.2 Å². The molecule has 0 radical (unpaired) electrons. The number of amides is 1. The second-order valence-corrected chi connectivity index (χ2v) is 4.50. The minimum absolute atomic E-state index is 0.0496. The molecule has 0 spiro atoms. The first kappa shape index (κ1) is 13.3. The summed E-state index contributed by atoms with van der Waals surface area (Å²) in [5.41, 5.74) is 0.656. The molecule has 4 heteroatoms. The fourth-order valence-electron chi connectivity index (χ4n) is 1.30. The highest BCUT2D eigenvalue weighted by molar-refractivity contribution is 6.21. The van der Waals surface area contributed by atoms with Crippen LogP contribution in [-0.2, 0) is 0 Å². The van der Waals surface area contributed by atoms with Crippen molar-refractivity contribution in [3.63, 3.8) is 0 Å². The molecule has 0 bridgehead atoms. The van der Waals surface area contributed by atoms with Gasteiger partial charge in [0.25, 0.3) is 5.91 Å². The number of halogens is 2. The molecule has 1 aromatic carbocycles. The smallest absolute Gasteiger partial charge is 0.251 e. The molecule has 0 fully saturated rings. The third-order valence-corrected chi connectivity index (χ3v) is 2.81. The van der Waals surface area contributed by atoms with Crippen LogP contribution in [0.15, 0.2) is 30.3 Å². The number of carbonyl (C=O) groups excluding carboxylic acids is 1. The van der Waals surface area contributed by atoms with E-state index in [9.17, 15) is 4.79 Å². The van der Waals surface area contributed by atoms with Crippen molar-refractivity contribution in [2.24, 2.45) is 0 Å². The summed E-state index contributed by atoms with van der Waals surface area (Å²) in [6, 6.07) is 9.09. The van der Waals surface area contributed by atoms with Gasteiger partial charge >= 0.3 is 0 Å². The van der Waals surface area contributed by atoms with Gasteiger partial charge in [-0.2, -0.15) is 0 Å². The Bertz CT molecular complexity index is 316. The van der Waals surface area contributed by atoms with Crippen molar-refractivity contribution in [1.29, 1.82) is 0 Å². The van der Waals surface area contributed by atoms with Crippen LogP contribution < -0.4 is 5.32 Å². The lowest BCUT2D eigenvalue weighted by molar-refractivity contribution is 0.0953. The average molecular weight is 260 g/mol. The van der Waals surface area contributed by atoms with Crippen LogP contribution in [0.25, 0.3) is 0 Å². The van der Waals surface area contributed by atoms with Gasteiger partial charge in [0.15, 0.2) is 0 Å². The summed E-state index contributed by atoms with van der Waals surface area (Å²) >= 11 is 11.6. The number of benzene rings is 1. The Morgan fingerprint density at radius 3 is 2.62 bits per heavy atom. The van der Waals surface area contributed by atoms with Crippen molar-refractivity contribution in [2.45, 2.75) is 18.2 Å². The fraction of sp³-hybridized carbons (Fsp3) is 0.417. The molecule has 0 saturated carbocycles. The Morgan fingerprint density at radius 1 is 1.31 bits per heavy atom. The number of hydrogen-bond acceptors (Lipinski definition) is 1. The number of nitrogens with one attached hydrogen (secondary N) is 1. The summed E-state index contributed by atoms with van der Waals surface area (Å²) < 4.78 is 0. The number of rotatable bonds is 6. The van der Waals surface area contributed by atoms with Crippen molar-refractivity contribution in [1.82, 2.24) is 5.32 Å². The van der Waals surface area contributed by atoms with E-state index >= 15 is 0 Å². The summed E-state index contributed by atoms with van der Waals surface area (Å²) in [6.45, 7) is 0.478. The van der Waals surface area contributed by atoms with Crippen LogP contribution in [0.5, 0.6) is 0 Å². The van der Waals surface area contributed by atoms with Crippen molar-refractivity contribution in [2.75, 3.05) is 12.4 Å². The van der Waals surface area contributed by atoms with E-state index in [1.807, 2.05) is 18.2 Å². The van der Waals surface area contributed by atoms with Crippen molar-refractivity contribution >= 4 is 29.1 Å². The van der Waals surface area contributed by atoms with Gasteiger partial charge in [0.1, 0.15) is 0 Å². The second kappa shape index (κ2) is 7.53. The third-order valence-electron chi connectivity index (χ3n) is 2.17. The second-order valence-electron chi connectivity index (χ2n) is 3.50. The minimum atomic E-state index is -0.0860. The van der Waals surface area contributed by atoms with Gasteiger partial charge in [-0.3, -0.25) is 4.79 Å². The van der Waals surface area contributed by atoms with E-state index in [1.165, 1.54) is 0 Å². The predicted octanol–water partition coefficient (Wildman–Crippen LogP) is 3.04. The number of alkyl halides is 2. The molecule has 1 rings (SSSR count). The summed E-state index contributed by atoms with van der Waals surface area (Å²) in [5.74, 6) is 0.521. The predicted molar refractivity (Wildman–Crippen MR) is 68.4 cm³/mol. The standard InChI is InChI=1S/C12H15Cl2NO/c13-8-4-7-11(14)9-15-12(16)10-5-2-1-3-6-10/h1-3,5-6,11H,4,7-9H2,(H,15,16)/t11-/m0/s1. The molecule has 0 saturated heterocycles. The molecule has 16 heavy (non-hydrogen) atoms. The van der Waals surface area contributed by atoms with E-state index < -0.39 is 0 Å². The molecule has 0 aliphatic carbocycles. The van der Waals surface area contributed by atoms with Crippen LogP contribution in [-0.4, -0.2) is 23.7 Å². The number of carbonyl (C=O) groups is 1. The fourth-order valence-corrected chi connectivity index (χ4v) is 1.68. The Labute approximate surface area is 106 Å². The topological polar surface area (TPSA) is 29.1 Å².